The van der Waals surface area contributed by atoms with Crippen molar-refractivity contribution in [2.24, 2.45) is 29.6 Å². The Morgan fingerprint density at radius 2 is 1.33 bits per heavy atom. The van der Waals surface area contributed by atoms with Crippen LogP contribution in [0.15, 0.2) is 0 Å². The standard InChI is InChI=1S/C20H34ClF.C2H6/c1-14-2-11-19(20(22)12-14)17-7-3-15(4-8-17)13-16-5-9-18(21)10-6-16;1-2/h14-20H,2-13H2,1H3;1-2H3. The second-order valence-electron chi connectivity index (χ2n) is 8.73. The summed E-state index contributed by atoms with van der Waals surface area (Å²) >= 11 is 6.22. The highest BCUT2D eigenvalue weighted by Crippen LogP contribution is 2.44. The summed E-state index contributed by atoms with van der Waals surface area (Å²) in [7, 11) is 0. The Balaban J connectivity index is 0.00000100. The summed E-state index contributed by atoms with van der Waals surface area (Å²) in [6, 6.07) is 0. The number of rotatable bonds is 3. The predicted octanol–water partition coefficient (Wildman–Crippen LogP) is 7.78. The van der Waals surface area contributed by atoms with Gasteiger partial charge in [-0.2, -0.15) is 0 Å². The first-order valence-electron chi connectivity index (χ1n) is 10.9. The molecule has 0 aliphatic heterocycles. The molecule has 0 saturated heterocycles. The third-order valence-electron chi connectivity index (χ3n) is 7.02. The zero-order valence-electron chi connectivity index (χ0n) is 16.3. The lowest BCUT2D eigenvalue weighted by Gasteiger charge is -2.40. The summed E-state index contributed by atoms with van der Waals surface area (Å²) in [5.41, 5.74) is 0. The van der Waals surface area contributed by atoms with Gasteiger partial charge in [-0.15, -0.1) is 11.6 Å². The molecule has 0 spiro atoms. The van der Waals surface area contributed by atoms with E-state index in [0.29, 0.717) is 23.1 Å². The lowest BCUT2D eigenvalue weighted by atomic mass is 9.67. The third-order valence-corrected chi connectivity index (χ3v) is 7.46. The highest BCUT2D eigenvalue weighted by atomic mass is 35.5. The second-order valence-corrected chi connectivity index (χ2v) is 9.35. The van der Waals surface area contributed by atoms with Crippen molar-refractivity contribution in [1.29, 1.82) is 0 Å². The number of alkyl halides is 2. The van der Waals surface area contributed by atoms with Crippen LogP contribution in [0.2, 0.25) is 0 Å². The van der Waals surface area contributed by atoms with Gasteiger partial charge in [0.25, 0.3) is 0 Å². The molecule has 3 aliphatic rings. The summed E-state index contributed by atoms with van der Waals surface area (Å²) < 4.78 is 14.4. The SMILES string of the molecule is CC.CC1CCC(C2CCC(CC3CCC(Cl)CC3)CC2)C(F)C1. The number of hydrogen-bond acceptors (Lipinski definition) is 0. The Morgan fingerprint density at radius 3 is 1.88 bits per heavy atom. The van der Waals surface area contributed by atoms with Gasteiger partial charge in [0.05, 0.1) is 0 Å². The molecule has 0 aromatic carbocycles. The van der Waals surface area contributed by atoms with E-state index in [1.54, 1.807) is 0 Å². The molecule has 0 nitrogen and oxygen atoms in total. The molecule has 3 rings (SSSR count). The van der Waals surface area contributed by atoms with Gasteiger partial charge in [0, 0.05) is 5.38 Å². The highest BCUT2D eigenvalue weighted by molar-refractivity contribution is 6.20. The first-order valence-corrected chi connectivity index (χ1v) is 11.3. The van der Waals surface area contributed by atoms with Gasteiger partial charge >= 0.3 is 0 Å². The minimum absolute atomic E-state index is 0.392. The fourth-order valence-electron chi connectivity index (χ4n) is 5.55. The van der Waals surface area contributed by atoms with E-state index in [9.17, 15) is 4.39 Å². The molecular weight excluding hydrogens is 319 g/mol. The predicted molar refractivity (Wildman–Crippen MR) is 104 cm³/mol. The van der Waals surface area contributed by atoms with E-state index >= 15 is 0 Å². The van der Waals surface area contributed by atoms with Crippen molar-refractivity contribution in [3.05, 3.63) is 0 Å². The lowest BCUT2D eigenvalue weighted by molar-refractivity contribution is 0.0594. The monoisotopic (exact) mass is 358 g/mol. The number of halogens is 2. The van der Waals surface area contributed by atoms with Crippen molar-refractivity contribution in [2.75, 3.05) is 0 Å². The van der Waals surface area contributed by atoms with E-state index in [0.717, 1.165) is 24.7 Å². The smallest absolute Gasteiger partial charge is 0.103 e. The van der Waals surface area contributed by atoms with E-state index in [-0.39, 0.29) is 0 Å². The maximum atomic E-state index is 14.4. The number of hydrogen-bond donors (Lipinski definition) is 0. The van der Waals surface area contributed by atoms with Crippen LogP contribution >= 0.6 is 11.6 Å². The molecule has 3 fully saturated rings. The fourth-order valence-corrected chi connectivity index (χ4v) is 5.80. The zero-order chi connectivity index (χ0) is 17.5. The lowest BCUT2D eigenvalue weighted by Crippen LogP contribution is -2.33. The van der Waals surface area contributed by atoms with Crippen LogP contribution in [-0.4, -0.2) is 11.5 Å². The molecule has 2 heteroatoms. The molecule has 0 N–H and O–H groups in total. The first kappa shape index (κ1) is 20.5. The van der Waals surface area contributed by atoms with E-state index in [2.05, 4.69) is 6.92 Å². The molecule has 0 radical (unpaired) electrons. The molecule has 24 heavy (non-hydrogen) atoms. The van der Waals surface area contributed by atoms with Crippen molar-refractivity contribution < 1.29 is 4.39 Å². The normalized spacial score (nSPS) is 43.6. The van der Waals surface area contributed by atoms with Crippen molar-refractivity contribution in [2.45, 2.75) is 109 Å². The first-order chi connectivity index (χ1) is 11.6. The molecule has 0 aromatic rings. The van der Waals surface area contributed by atoms with Crippen molar-refractivity contribution in [1.82, 2.24) is 0 Å². The fraction of sp³-hybridized carbons (Fsp3) is 1.00. The second kappa shape index (κ2) is 10.4. The molecule has 0 aromatic heterocycles. The third kappa shape index (κ3) is 5.89. The van der Waals surface area contributed by atoms with Crippen LogP contribution in [0, 0.1) is 29.6 Å². The van der Waals surface area contributed by atoms with Gasteiger partial charge in [-0.1, -0.05) is 40.0 Å². The van der Waals surface area contributed by atoms with Gasteiger partial charge < -0.3 is 0 Å². The Hall–Kier alpha value is 0.220. The van der Waals surface area contributed by atoms with E-state index in [1.807, 2.05) is 13.8 Å². The summed E-state index contributed by atoms with van der Waals surface area (Å²) in [5.74, 6) is 3.55. The largest absolute Gasteiger partial charge is 0.247 e. The minimum atomic E-state index is -0.510. The highest BCUT2D eigenvalue weighted by Gasteiger charge is 2.36. The Labute approximate surface area is 155 Å². The molecule has 0 bridgehead atoms. The topological polar surface area (TPSA) is 0 Å². The van der Waals surface area contributed by atoms with Crippen molar-refractivity contribution >= 4 is 11.6 Å². The summed E-state index contributed by atoms with van der Waals surface area (Å²) in [4.78, 5) is 0. The van der Waals surface area contributed by atoms with Crippen LogP contribution in [0.5, 0.6) is 0 Å². The maximum Gasteiger partial charge on any atom is 0.103 e. The van der Waals surface area contributed by atoms with Crippen molar-refractivity contribution in [3.8, 4) is 0 Å². The molecule has 142 valence electrons. The molecule has 3 unspecified atom stereocenters. The molecule has 0 amide bonds. The molecule has 3 aliphatic carbocycles. The summed E-state index contributed by atoms with van der Waals surface area (Å²) in [6.07, 6.45) is 14.6. The summed E-state index contributed by atoms with van der Waals surface area (Å²) in [5, 5.41) is 0.446. The van der Waals surface area contributed by atoms with Crippen LogP contribution in [0.3, 0.4) is 0 Å². The Kier molecular flexibility index (Phi) is 8.89. The van der Waals surface area contributed by atoms with E-state index in [4.69, 9.17) is 11.6 Å². The Bertz CT molecular complexity index is 329. The van der Waals surface area contributed by atoms with Crippen LogP contribution in [0.4, 0.5) is 4.39 Å². The van der Waals surface area contributed by atoms with Gasteiger partial charge in [-0.25, -0.2) is 4.39 Å². The van der Waals surface area contributed by atoms with Gasteiger partial charge in [-0.05, 0) is 87.4 Å². The molecule has 3 saturated carbocycles. The van der Waals surface area contributed by atoms with Gasteiger partial charge in [0.15, 0.2) is 0 Å². The van der Waals surface area contributed by atoms with E-state index < -0.39 is 6.17 Å². The minimum Gasteiger partial charge on any atom is -0.247 e. The van der Waals surface area contributed by atoms with Crippen LogP contribution in [0.25, 0.3) is 0 Å². The zero-order valence-corrected chi connectivity index (χ0v) is 17.0. The van der Waals surface area contributed by atoms with Gasteiger partial charge in [0.1, 0.15) is 6.17 Å². The quantitative estimate of drug-likeness (QED) is 0.451. The van der Waals surface area contributed by atoms with Gasteiger partial charge in [-0.3, -0.25) is 0 Å². The average Bonchev–Trinajstić information content (AvgIpc) is 2.60. The Morgan fingerprint density at radius 1 is 0.792 bits per heavy atom. The van der Waals surface area contributed by atoms with Crippen molar-refractivity contribution in [3.63, 3.8) is 0 Å². The van der Waals surface area contributed by atoms with Crippen LogP contribution in [-0.2, 0) is 0 Å². The van der Waals surface area contributed by atoms with Crippen LogP contribution in [0.1, 0.15) is 97.8 Å². The molecular formula is C22H40ClF. The van der Waals surface area contributed by atoms with E-state index in [1.165, 1.54) is 64.2 Å². The van der Waals surface area contributed by atoms with Gasteiger partial charge in [0.2, 0.25) is 0 Å². The average molecular weight is 359 g/mol. The maximum absolute atomic E-state index is 14.4. The van der Waals surface area contributed by atoms with Crippen LogP contribution < -0.4 is 0 Å². The molecule has 0 heterocycles. The molecule has 3 atom stereocenters. The summed E-state index contributed by atoms with van der Waals surface area (Å²) in [6.45, 7) is 6.22.